The zero-order valence-electron chi connectivity index (χ0n) is 14.3. The topological polar surface area (TPSA) is 67.2 Å². The van der Waals surface area contributed by atoms with Gasteiger partial charge in [-0.05, 0) is 44.4 Å². The largest absolute Gasteiger partial charge is 0.389 e. The summed E-state index contributed by atoms with van der Waals surface area (Å²) in [7, 11) is 0. The van der Waals surface area contributed by atoms with Crippen molar-refractivity contribution in [1.82, 2.24) is 14.9 Å². The smallest absolute Gasteiger partial charge is 0.223 e. The maximum atomic E-state index is 12.2. The third-order valence-electron chi connectivity index (χ3n) is 4.90. The van der Waals surface area contributed by atoms with Gasteiger partial charge < -0.3 is 15.0 Å². The molecule has 0 saturated heterocycles. The molecule has 5 heteroatoms. The van der Waals surface area contributed by atoms with Gasteiger partial charge in [-0.2, -0.15) is 0 Å². The van der Waals surface area contributed by atoms with E-state index in [9.17, 15) is 9.90 Å². The zero-order chi connectivity index (χ0) is 17.2. The molecule has 1 saturated carbocycles. The van der Waals surface area contributed by atoms with Crippen molar-refractivity contribution in [2.24, 2.45) is 0 Å². The maximum Gasteiger partial charge on any atom is 0.223 e. The monoisotopic (exact) mass is 327 g/mol. The van der Waals surface area contributed by atoms with Gasteiger partial charge in [0.15, 0.2) is 0 Å². The Kier molecular flexibility index (Phi) is 4.71. The summed E-state index contributed by atoms with van der Waals surface area (Å²) in [5, 5.41) is 13.3. The van der Waals surface area contributed by atoms with Gasteiger partial charge in [-0.1, -0.05) is 25.0 Å². The number of hydrogen-bond donors (Lipinski definition) is 2. The number of aryl methyl sites for hydroxylation is 1. The van der Waals surface area contributed by atoms with Crippen molar-refractivity contribution in [3.05, 3.63) is 48.0 Å². The molecule has 1 aliphatic carbocycles. The van der Waals surface area contributed by atoms with Gasteiger partial charge in [-0.15, -0.1) is 0 Å². The molecule has 5 nitrogen and oxygen atoms in total. The SMILES string of the molecule is Cc1nccn1-c1ccc(C(C)NC(=O)CC2(O)CCCC2)cc1. The second kappa shape index (κ2) is 6.77. The molecule has 1 amide bonds. The van der Waals surface area contributed by atoms with Gasteiger partial charge in [0.25, 0.3) is 0 Å². The standard InChI is InChI=1S/C19H25N3O2/c1-14(21-18(23)13-19(24)9-3-4-10-19)16-5-7-17(8-6-16)22-12-11-20-15(22)2/h5-8,11-12,14,24H,3-4,9-10,13H2,1-2H3,(H,21,23). The average molecular weight is 327 g/mol. The molecule has 2 aromatic rings. The first-order valence-electron chi connectivity index (χ1n) is 8.59. The van der Waals surface area contributed by atoms with Crippen LogP contribution in [0.15, 0.2) is 36.7 Å². The molecule has 128 valence electrons. The van der Waals surface area contributed by atoms with Crippen molar-refractivity contribution >= 4 is 5.91 Å². The van der Waals surface area contributed by atoms with Crippen LogP contribution in [0.2, 0.25) is 0 Å². The minimum Gasteiger partial charge on any atom is -0.389 e. The minimum atomic E-state index is -0.799. The molecular weight excluding hydrogens is 302 g/mol. The Morgan fingerprint density at radius 3 is 2.58 bits per heavy atom. The summed E-state index contributed by atoms with van der Waals surface area (Å²) in [4.78, 5) is 16.4. The molecule has 0 aliphatic heterocycles. The van der Waals surface area contributed by atoms with Crippen LogP contribution in [0.3, 0.4) is 0 Å². The lowest BCUT2D eigenvalue weighted by Crippen LogP contribution is -2.35. The molecule has 1 unspecified atom stereocenters. The van der Waals surface area contributed by atoms with Crippen molar-refractivity contribution < 1.29 is 9.90 Å². The second-order valence-electron chi connectivity index (χ2n) is 6.83. The predicted molar refractivity (Wildman–Crippen MR) is 92.9 cm³/mol. The Bertz CT molecular complexity index is 700. The summed E-state index contributed by atoms with van der Waals surface area (Å²) in [6.07, 6.45) is 7.38. The first-order chi connectivity index (χ1) is 11.5. The van der Waals surface area contributed by atoms with E-state index in [-0.39, 0.29) is 18.4 Å². The van der Waals surface area contributed by atoms with E-state index in [1.54, 1.807) is 6.20 Å². The molecule has 1 aromatic heterocycles. The summed E-state index contributed by atoms with van der Waals surface area (Å²) in [5.41, 5.74) is 1.29. The fourth-order valence-electron chi connectivity index (χ4n) is 3.46. The fraction of sp³-hybridized carbons (Fsp3) is 0.474. The fourth-order valence-corrected chi connectivity index (χ4v) is 3.46. The lowest BCUT2D eigenvalue weighted by atomic mass is 9.97. The lowest BCUT2D eigenvalue weighted by molar-refractivity contribution is -0.126. The number of nitrogens with zero attached hydrogens (tertiary/aromatic N) is 2. The summed E-state index contributed by atoms with van der Waals surface area (Å²) < 4.78 is 2.02. The second-order valence-corrected chi connectivity index (χ2v) is 6.83. The third kappa shape index (κ3) is 3.67. The Balaban J connectivity index is 1.61. The van der Waals surface area contributed by atoms with Gasteiger partial charge in [0, 0.05) is 18.1 Å². The zero-order valence-corrected chi connectivity index (χ0v) is 14.3. The van der Waals surface area contributed by atoms with Crippen molar-refractivity contribution in [2.45, 2.75) is 57.6 Å². The summed E-state index contributed by atoms with van der Waals surface area (Å²) in [6, 6.07) is 8.00. The van der Waals surface area contributed by atoms with Crippen LogP contribution in [-0.2, 0) is 4.79 Å². The molecule has 1 atom stereocenters. The van der Waals surface area contributed by atoms with Gasteiger partial charge in [0.2, 0.25) is 5.91 Å². The maximum absolute atomic E-state index is 12.2. The molecule has 3 rings (SSSR count). The van der Waals surface area contributed by atoms with Gasteiger partial charge in [0.05, 0.1) is 18.1 Å². The molecule has 1 aliphatic rings. The quantitative estimate of drug-likeness (QED) is 0.887. The highest BCUT2D eigenvalue weighted by atomic mass is 16.3. The van der Waals surface area contributed by atoms with Crippen molar-refractivity contribution in [1.29, 1.82) is 0 Å². The highest BCUT2D eigenvalue weighted by molar-refractivity contribution is 5.77. The molecule has 0 bridgehead atoms. The van der Waals surface area contributed by atoms with Crippen molar-refractivity contribution in [3.63, 3.8) is 0 Å². The summed E-state index contributed by atoms with van der Waals surface area (Å²) in [5.74, 6) is 0.857. The number of hydrogen-bond acceptors (Lipinski definition) is 3. The van der Waals surface area contributed by atoms with E-state index in [4.69, 9.17) is 0 Å². The highest BCUT2D eigenvalue weighted by Gasteiger charge is 2.33. The number of amides is 1. The van der Waals surface area contributed by atoms with E-state index < -0.39 is 5.60 Å². The van der Waals surface area contributed by atoms with E-state index in [1.807, 2.05) is 48.9 Å². The van der Waals surface area contributed by atoms with Crippen LogP contribution in [0.1, 0.15) is 56.5 Å². The molecular formula is C19H25N3O2. The third-order valence-corrected chi connectivity index (χ3v) is 4.90. The number of aliphatic hydroxyl groups is 1. The van der Waals surface area contributed by atoms with E-state index in [2.05, 4.69) is 10.3 Å². The van der Waals surface area contributed by atoms with E-state index in [0.717, 1.165) is 42.8 Å². The first-order valence-corrected chi connectivity index (χ1v) is 8.59. The molecule has 0 spiro atoms. The predicted octanol–water partition coefficient (Wildman–Crippen LogP) is 3.05. The van der Waals surface area contributed by atoms with Crippen molar-refractivity contribution in [3.8, 4) is 5.69 Å². The first kappa shape index (κ1) is 16.7. The molecule has 1 heterocycles. The van der Waals surface area contributed by atoms with Gasteiger partial charge in [-0.3, -0.25) is 4.79 Å². The Labute approximate surface area is 142 Å². The van der Waals surface area contributed by atoms with Crippen LogP contribution < -0.4 is 5.32 Å². The summed E-state index contributed by atoms with van der Waals surface area (Å²) in [6.45, 7) is 3.93. The van der Waals surface area contributed by atoms with E-state index >= 15 is 0 Å². The number of aromatic nitrogens is 2. The van der Waals surface area contributed by atoms with Crippen LogP contribution >= 0.6 is 0 Å². The van der Waals surface area contributed by atoms with Gasteiger partial charge >= 0.3 is 0 Å². The van der Waals surface area contributed by atoms with Crippen LogP contribution in [0.4, 0.5) is 0 Å². The highest BCUT2D eigenvalue weighted by Crippen LogP contribution is 2.32. The van der Waals surface area contributed by atoms with Gasteiger partial charge in [0.1, 0.15) is 5.82 Å². The average Bonchev–Trinajstić information content (AvgIpc) is 3.16. The van der Waals surface area contributed by atoms with Crippen LogP contribution in [0.5, 0.6) is 0 Å². The van der Waals surface area contributed by atoms with E-state index in [1.165, 1.54) is 0 Å². The van der Waals surface area contributed by atoms with Gasteiger partial charge in [-0.25, -0.2) is 4.98 Å². The number of nitrogens with one attached hydrogen (secondary N) is 1. The summed E-state index contributed by atoms with van der Waals surface area (Å²) >= 11 is 0. The lowest BCUT2D eigenvalue weighted by Gasteiger charge is -2.23. The normalized spacial score (nSPS) is 17.6. The number of benzene rings is 1. The van der Waals surface area contributed by atoms with E-state index in [0.29, 0.717) is 0 Å². The Hall–Kier alpha value is -2.14. The Morgan fingerprint density at radius 2 is 2.00 bits per heavy atom. The van der Waals surface area contributed by atoms with Crippen LogP contribution in [0.25, 0.3) is 5.69 Å². The number of imidazole rings is 1. The minimum absolute atomic E-state index is 0.0820. The van der Waals surface area contributed by atoms with Crippen molar-refractivity contribution in [2.75, 3.05) is 0 Å². The molecule has 2 N–H and O–H groups in total. The Morgan fingerprint density at radius 1 is 1.33 bits per heavy atom. The number of carbonyl (C=O) groups is 1. The molecule has 1 aromatic carbocycles. The number of rotatable bonds is 5. The number of carbonyl (C=O) groups excluding carboxylic acids is 1. The van der Waals surface area contributed by atoms with Crippen LogP contribution in [0, 0.1) is 6.92 Å². The molecule has 0 radical (unpaired) electrons. The van der Waals surface area contributed by atoms with Crippen LogP contribution in [-0.4, -0.2) is 26.2 Å². The molecule has 24 heavy (non-hydrogen) atoms. The molecule has 1 fully saturated rings.